The summed E-state index contributed by atoms with van der Waals surface area (Å²) in [6.45, 7) is 4.26. The highest BCUT2D eigenvalue weighted by Crippen LogP contribution is 2.16. The predicted octanol–water partition coefficient (Wildman–Crippen LogP) is 1.02. The molecule has 1 aliphatic rings. The molecule has 0 amide bonds. The summed E-state index contributed by atoms with van der Waals surface area (Å²) in [5, 5.41) is 18.9. The molecule has 5 nitrogen and oxygen atoms in total. The van der Waals surface area contributed by atoms with Crippen molar-refractivity contribution in [2.75, 3.05) is 33.2 Å². The van der Waals surface area contributed by atoms with Crippen LogP contribution >= 0.6 is 12.4 Å². The Labute approximate surface area is 137 Å². The lowest BCUT2D eigenvalue weighted by molar-refractivity contribution is -0.138. The first-order chi connectivity index (χ1) is 9.95. The van der Waals surface area contributed by atoms with Crippen molar-refractivity contribution >= 4 is 18.4 Å². The van der Waals surface area contributed by atoms with Gasteiger partial charge >= 0.3 is 5.97 Å². The highest BCUT2D eigenvalue weighted by Gasteiger charge is 2.34. The highest BCUT2D eigenvalue weighted by atomic mass is 35.5. The first-order valence-electron chi connectivity index (χ1n) is 7.33. The van der Waals surface area contributed by atoms with Crippen molar-refractivity contribution in [3.8, 4) is 0 Å². The minimum atomic E-state index is -0.859. The smallest absolute Gasteiger partial charge is 0.317 e. The van der Waals surface area contributed by atoms with Gasteiger partial charge in [0.25, 0.3) is 0 Å². The van der Waals surface area contributed by atoms with Crippen molar-refractivity contribution in [1.82, 2.24) is 9.80 Å². The number of carbonyl (C=O) groups is 1. The van der Waals surface area contributed by atoms with Gasteiger partial charge in [0, 0.05) is 25.7 Å². The molecule has 0 spiro atoms. The molecule has 2 N–H and O–H groups in total. The molecule has 0 bridgehead atoms. The lowest BCUT2D eigenvalue weighted by Crippen LogP contribution is -2.43. The van der Waals surface area contributed by atoms with Gasteiger partial charge in [0.15, 0.2) is 0 Å². The van der Waals surface area contributed by atoms with E-state index in [1.165, 1.54) is 11.1 Å². The van der Waals surface area contributed by atoms with E-state index in [2.05, 4.69) is 36.1 Å². The van der Waals surface area contributed by atoms with Crippen molar-refractivity contribution in [2.45, 2.75) is 25.5 Å². The summed E-state index contributed by atoms with van der Waals surface area (Å²) in [5.74, 6) is -0.859. The normalized spacial score (nSPS) is 21.8. The number of halogens is 1. The van der Waals surface area contributed by atoms with Crippen molar-refractivity contribution in [2.24, 2.45) is 0 Å². The van der Waals surface area contributed by atoms with E-state index >= 15 is 0 Å². The van der Waals surface area contributed by atoms with Gasteiger partial charge in [0.2, 0.25) is 0 Å². The maximum Gasteiger partial charge on any atom is 0.317 e. The summed E-state index contributed by atoms with van der Waals surface area (Å²) in [7, 11) is 1.76. The summed E-state index contributed by atoms with van der Waals surface area (Å²) in [6.07, 6.45) is 0.468. The van der Waals surface area contributed by atoms with Gasteiger partial charge in [-0.1, -0.05) is 29.8 Å². The van der Waals surface area contributed by atoms with Gasteiger partial charge in [-0.2, -0.15) is 0 Å². The van der Waals surface area contributed by atoms with Crippen LogP contribution in [0.2, 0.25) is 0 Å². The maximum atomic E-state index is 10.8. The van der Waals surface area contributed by atoms with Crippen LogP contribution in [0.3, 0.4) is 0 Å². The molecule has 1 aromatic carbocycles. The second-order valence-electron chi connectivity index (χ2n) is 5.94. The van der Waals surface area contributed by atoms with Crippen molar-refractivity contribution in [3.63, 3.8) is 0 Å². The predicted molar refractivity (Wildman–Crippen MR) is 88.6 cm³/mol. The van der Waals surface area contributed by atoms with Gasteiger partial charge in [-0.15, -0.1) is 12.4 Å². The minimum Gasteiger partial charge on any atom is -0.480 e. The highest BCUT2D eigenvalue weighted by molar-refractivity contribution is 5.85. The summed E-state index contributed by atoms with van der Waals surface area (Å²) in [4.78, 5) is 14.7. The molecular weight excluding hydrogens is 304 g/mol. The molecule has 0 aromatic heterocycles. The molecule has 22 heavy (non-hydrogen) atoms. The van der Waals surface area contributed by atoms with Crippen LogP contribution in [0.25, 0.3) is 0 Å². The van der Waals surface area contributed by atoms with Crippen molar-refractivity contribution < 1.29 is 15.0 Å². The van der Waals surface area contributed by atoms with Crippen molar-refractivity contribution in [1.29, 1.82) is 0 Å². The van der Waals surface area contributed by atoms with Gasteiger partial charge in [0.05, 0.1) is 12.6 Å². The number of hydrogen-bond acceptors (Lipinski definition) is 4. The SMILES string of the molecule is Cc1ccc(CCN2CC(N(C)CC(=O)O)[C@H](O)C2)cc1.Cl. The number of aliphatic carboxylic acids is 1. The maximum absolute atomic E-state index is 10.8. The first-order valence-corrected chi connectivity index (χ1v) is 7.33. The van der Waals surface area contributed by atoms with Gasteiger partial charge < -0.3 is 10.2 Å². The molecule has 0 saturated carbocycles. The second kappa shape index (κ2) is 8.48. The zero-order chi connectivity index (χ0) is 15.4. The zero-order valence-corrected chi connectivity index (χ0v) is 13.9. The first kappa shape index (κ1) is 18.9. The Balaban J connectivity index is 0.00000242. The molecule has 0 aliphatic carbocycles. The fourth-order valence-electron chi connectivity index (χ4n) is 2.84. The van der Waals surface area contributed by atoms with Crippen LogP contribution in [-0.2, 0) is 11.2 Å². The van der Waals surface area contributed by atoms with Crippen LogP contribution in [0.1, 0.15) is 11.1 Å². The molecule has 124 valence electrons. The fraction of sp³-hybridized carbons (Fsp3) is 0.562. The Morgan fingerprint density at radius 2 is 1.95 bits per heavy atom. The molecule has 2 rings (SSSR count). The summed E-state index contributed by atoms with van der Waals surface area (Å²) in [6, 6.07) is 8.39. The number of benzene rings is 1. The second-order valence-corrected chi connectivity index (χ2v) is 5.94. The van der Waals surface area contributed by atoms with Crippen LogP contribution < -0.4 is 0 Å². The van der Waals surface area contributed by atoms with E-state index in [1.807, 2.05) is 0 Å². The van der Waals surface area contributed by atoms with E-state index in [4.69, 9.17) is 5.11 Å². The molecule has 2 atom stereocenters. The largest absolute Gasteiger partial charge is 0.480 e. The van der Waals surface area contributed by atoms with E-state index < -0.39 is 12.1 Å². The van der Waals surface area contributed by atoms with Gasteiger partial charge in [-0.3, -0.25) is 14.6 Å². The topological polar surface area (TPSA) is 64.0 Å². The average Bonchev–Trinajstić information content (AvgIpc) is 2.79. The number of carboxylic acid groups (broad SMARTS) is 1. The van der Waals surface area contributed by atoms with Gasteiger partial charge in [-0.05, 0) is 26.0 Å². The number of β-amino-alcohol motifs (C(OH)–C–C–N with tert-alkyl or cyclic N) is 1. The number of aryl methyl sites for hydroxylation is 1. The number of aliphatic hydroxyl groups is 1. The molecular formula is C16H25ClN2O3. The number of aliphatic hydroxyl groups excluding tert-OH is 1. The Hall–Kier alpha value is -1.14. The third-order valence-electron chi connectivity index (χ3n) is 4.12. The van der Waals surface area contributed by atoms with E-state index in [9.17, 15) is 9.90 Å². The van der Waals surface area contributed by atoms with Crippen molar-refractivity contribution in [3.05, 3.63) is 35.4 Å². The van der Waals surface area contributed by atoms with E-state index in [-0.39, 0.29) is 25.0 Å². The molecule has 0 radical (unpaired) electrons. The number of hydrogen-bond donors (Lipinski definition) is 2. The molecule has 1 unspecified atom stereocenters. The van der Waals surface area contributed by atoms with E-state index in [1.54, 1.807) is 11.9 Å². The molecule has 1 fully saturated rings. The molecule has 1 aromatic rings. The monoisotopic (exact) mass is 328 g/mol. The molecule has 1 saturated heterocycles. The van der Waals surface area contributed by atoms with Crippen LogP contribution in [-0.4, -0.2) is 71.4 Å². The molecule has 1 heterocycles. The van der Waals surface area contributed by atoms with E-state index in [0.29, 0.717) is 6.54 Å². The lowest BCUT2D eigenvalue weighted by Gasteiger charge is -2.24. The Morgan fingerprint density at radius 3 is 2.55 bits per heavy atom. The third-order valence-corrected chi connectivity index (χ3v) is 4.12. The number of rotatable bonds is 6. The number of likely N-dealkylation sites (tertiary alicyclic amines) is 1. The fourth-order valence-corrected chi connectivity index (χ4v) is 2.84. The Morgan fingerprint density at radius 1 is 1.32 bits per heavy atom. The summed E-state index contributed by atoms with van der Waals surface area (Å²) in [5.41, 5.74) is 2.54. The Kier molecular flexibility index (Phi) is 7.29. The minimum absolute atomic E-state index is 0. The van der Waals surface area contributed by atoms with Crippen LogP contribution in [0.4, 0.5) is 0 Å². The van der Waals surface area contributed by atoms with Gasteiger partial charge in [0.1, 0.15) is 0 Å². The van der Waals surface area contributed by atoms with Crippen LogP contribution in [0.15, 0.2) is 24.3 Å². The Bertz CT molecular complexity index is 481. The van der Waals surface area contributed by atoms with Gasteiger partial charge in [-0.25, -0.2) is 0 Å². The molecule has 6 heteroatoms. The third kappa shape index (κ3) is 5.25. The van der Waals surface area contributed by atoms with E-state index in [0.717, 1.165) is 19.5 Å². The molecule has 1 aliphatic heterocycles. The number of carboxylic acids is 1. The number of nitrogens with zero attached hydrogens (tertiary/aromatic N) is 2. The number of likely N-dealkylation sites (N-methyl/N-ethyl adjacent to an activating group) is 1. The lowest BCUT2D eigenvalue weighted by atomic mass is 10.1. The standard InChI is InChI=1S/C16H24N2O3.ClH/c1-12-3-5-13(6-4-12)7-8-18-9-14(15(19)10-18)17(2)11-16(20)21;/h3-6,14-15,19H,7-11H2,1-2H3,(H,20,21);1H/t14?,15-;/m1./s1. The quantitative estimate of drug-likeness (QED) is 0.816. The van der Waals surface area contributed by atoms with Crippen LogP contribution in [0.5, 0.6) is 0 Å². The summed E-state index contributed by atoms with van der Waals surface area (Å²) < 4.78 is 0. The zero-order valence-electron chi connectivity index (χ0n) is 13.1. The average molecular weight is 329 g/mol. The summed E-state index contributed by atoms with van der Waals surface area (Å²) >= 11 is 0. The van der Waals surface area contributed by atoms with Crippen LogP contribution in [0, 0.1) is 6.92 Å².